The van der Waals surface area contributed by atoms with Gasteiger partial charge in [0.2, 0.25) is 0 Å². The van der Waals surface area contributed by atoms with Crippen molar-refractivity contribution in [2.24, 2.45) is 0 Å². The Hall–Kier alpha value is -3.93. The lowest BCUT2D eigenvalue weighted by Crippen LogP contribution is -2.35. The Bertz CT molecular complexity index is 1060. The van der Waals surface area contributed by atoms with E-state index in [2.05, 4.69) is 10.6 Å². The van der Waals surface area contributed by atoms with Crippen molar-refractivity contribution >= 4 is 23.5 Å². The van der Waals surface area contributed by atoms with Gasteiger partial charge in [-0.25, -0.2) is 0 Å². The van der Waals surface area contributed by atoms with E-state index in [-0.39, 0.29) is 6.54 Å². The minimum Gasteiger partial charge on any atom is -0.451 e. The topological polar surface area (TPSA) is 84.5 Å². The summed E-state index contributed by atoms with van der Waals surface area (Å²) in [5, 5.41) is 5.21. The molecule has 0 aromatic heterocycles. The molecule has 0 radical (unpaired) electrons. The maximum atomic E-state index is 12.3. The number of hydrogen-bond acceptors (Lipinski definition) is 4. The number of aryl methyl sites for hydroxylation is 1. The summed E-state index contributed by atoms with van der Waals surface area (Å²) >= 11 is 0. The van der Waals surface area contributed by atoms with E-state index >= 15 is 0 Å². The molecule has 0 saturated carbocycles. The summed E-state index contributed by atoms with van der Waals surface area (Å²) in [4.78, 5) is 36.5. The molecule has 0 saturated heterocycles. The molecule has 158 valence electrons. The van der Waals surface area contributed by atoms with Gasteiger partial charge >= 0.3 is 5.97 Å². The molecule has 0 unspecified atom stereocenters. The quantitative estimate of drug-likeness (QED) is 0.571. The second-order valence-electron chi connectivity index (χ2n) is 7.12. The van der Waals surface area contributed by atoms with Gasteiger partial charge in [-0.15, -0.1) is 0 Å². The predicted molar refractivity (Wildman–Crippen MR) is 120 cm³/mol. The molecule has 3 aromatic rings. The van der Waals surface area contributed by atoms with Crippen LogP contribution in [0.4, 0.5) is 5.69 Å². The van der Waals surface area contributed by atoms with Crippen molar-refractivity contribution in [3.63, 3.8) is 0 Å². The third kappa shape index (κ3) is 6.27. The first kappa shape index (κ1) is 21.8. The Kier molecular flexibility index (Phi) is 7.17. The van der Waals surface area contributed by atoms with E-state index in [9.17, 15) is 14.4 Å². The van der Waals surface area contributed by atoms with Crippen molar-refractivity contribution in [3.05, 3.63) is 90.0 Å². The first-order valence-corrected chi connectivity index (χ1v) is 9.93. The van der Waals surface area contributed by atoms with Crippen LogP contribution in [0.5, 0.6) is 0 Å². The lowest BCUT2D eigenvalue weighted by Gasteiger charge is -2.14. The smallest absolute Gasteiger partial charge is 0.326 e. The summed E-state index contributed by atoms with van der Waals surface area (Å²) in [6.45, 7) is 3.06. The van der Waals surface area contributed by atoms with E-state index in [0.29, 0.717) is 11.3 Å². The first-order chi connectivity index (χ1) is 14.9. The van der Waals surface area contributed by atoms with E-state index in [4.69, 9.17) is 4.74 Å². The van der Waals surface area contributed by atoms with Crippen LogP contribution >= 0.6 is 0 Å². The molecule has 0 fully saturated rings. The van der Waals surface area contributed by atoms with Crippen LogP contribution < -0.4 is 10.6 Å². The molecule has 1 atom stereocenters. The second kappa shape index (κ2) is 10.2. The molecular formula is C25H24N2O4. The van der Waals surface area contributed by atoms with Crippen LogP contribution in [0.25, 0.3) is 11.1 Å². The fraction of sp³-hybridized carbons (Fsp3) is 0.160. The SMILES string of the molecule is Cc1cccc(NC(=O)[C@H](C)OC(=O)CNC(=O)c2ccc(-c3ccccc3)cc2)c1. The minimum absolute atomic E-state index is 0.332. The van der Waals surface area contributed by atoms with Crippen molar-refractivity contribution in [1.29, 1.82) is 0 Å². The largest absolute Gasteiger partial charge is 0.451 e. The lowest BCUT2D eigenvalue weighted by molar-refractivity contribution is -0.152. The van der Waals surface area contributed by atoms with Gasteiger partial charge in [0.1, 0.15) is 6.54 Å². The molecule has 31 heavy (non-hydrogen) atoms. The number of hydrogen-bond donors (Lipinski definition) is 2. The number of rotatable bonds is 7. The van der Waals surface area contributed by atoms with Crippen LogP contribution in [-0.4, -0.2) is 30.4 Å². The molecule has 0 aliphatic carbocycles. The van der Waals surface area contributed by atoms with Crippen LogP contribution in [0, 0.1) is 6.92 Å². The molecule has 2 N–H and O–H groups in total. The van der Waals surface area contributed by atoms with Crippen LogP contribution in [-0.2, 0) is 14.3 Å². The van der Waals surface area contributed by atoms with E-state index in [1.165, 1.54) is 6.92 Å². The van der Waals surface area contributed by atoms with Gasteiger partial charge in [-0.2, -0.15) is 0 Å². The molecule has 3 aromatic carbocycles. The molecule has 0 bridgehead atoms. The van der Waals surface area contributed by atoms with Crippen LogP contribution in [0.3, 0.4) is 0 Å². The van der Waals surface area contributed by atoms with Gasteiger partial charge in [0.05, 0.1) is 0 Å². The third-order valence-electron chi connectivity index (χ3n) is 4.61. The number of anilines is 1. The number of benzene rings is 3. The number of nitrogens with one attached hydrogen (secondary N) is 2. The van der Waals surface area contributed by atoms with Crippen LogP contribution in [0.15, 0.2) is 78.9 Å². The number of esters is 1. The highest BCUT2D eigenvalue weighted by molar-refractivity contribution is 5.97. The zero-order valence-corrected chi connectivity index (χ0v) is 17.4. The van der Waals surface area contributed by atoms with Gasteiger partial charge in [-0.05, 0) is 54.8 Å². The van der Waals surface area contributed by atoms with Gasteiger partial charge < -0.3 is 15.4 Å². The monoisotopic (exact) mass is 416 g/mol. The predicted octanol–water partition coefficient (Wildman–Crippen LogP) is 3.96. The normalized spacial score (nSPS) is 11.3. The average Bonchev–Trinajstić information content (AvgIpc) is 2.78. The minimum atomic E-state index is -0.991. The summed E-state index contributed by atoms with van der Waals surface area (Å²) in [5.74, 6) is -1.53. The van der Waals surface area contributed by atoms with Crippen molar-refractivity contribution < 1.29 is 19.1 Å². The fourth-order valence-electron chi connectivity index (χ4n) is 2.96. The molecule has 2 amide bonds. The highest BCUT2D eigenvalue weighted by Crippen LogP contribution is 2.19. The van der Waals surface area contributed by atoms with Crippen molar-refractivity contribution in [1.82, 2.24) is 5.32 Å². The van der Waals surface area contributed by atoms with Crippen molar-refractivity contribution in [3.8, 4) is 11.1 Å². The zero-order chi connectivity index (χ0) is 22.2. The van der Waals surface area contributed by atoms with Crippen LogP contribution in [0.1, 0.15) is 22.8 Å². The molecule has 0 aliphatic heterocycles. The van der Waals surface area contributed by atoms with Gasteiger partial charge in [0.25, 0.3) is 11.8 Å². The molecule has 0 heterocycles. The van der Waals surface area contributed by atoms with Crippen molar-refractivity contribution in [2.45, 2.75) is 20.0 Å². The van der Waals surface area contributed by atoms with Gasteiger partial charge in [0.15, 0.2) is 6.10 Å². The molecule has 0 spiro atoms. The van der Waals surface area contributed by atoms with Gasteiger partial charge in [-0.3, -0.25) is 14.4 Å². The lowest BCUT2D eigenvalue weighted by atomic mass is 10.0. The Morgan fingerprint density at radius 2 is 1.55 bits per heavy atom. The van der Waals surface area contributed by atoms with E-state index in [0.717, 1.165) is 16.7 Å². The summed E-state index contributed by atoms with van der Waals surface area (Å²) < 4.78 is 5.11. The number of carbonyl (C=O) groups excluding carboxylic acids is 3. The first-order valence-electron chi connectivity index (χ1n) is 9.93. The Morgan fingerprint density at radius 3 is 2.23 bits per heavy atom. The molecule has 6 nitrogen and oxygen atoms in total. The number of ether oxygens (including phenoxy) is 1. The summed E-state index contributed by atoms with van der Waals surface area (Å²) in [6, 6.07) is 24.2. The van der Waals surface area contributed by atoms with Crippen LogP contribution in [0.2, 0.25) is 0 Å². The maximum Gasteiger partial charge on any atom is 0.326 e. The zero-order valence-electron chi connectivity index (χ0n) is 17.4. The molecular weight excluding hydrogens is 392 g/mol. The average molecular weight is 416 g/mol. The fourth-order valence-corrected chi connectivity index (χ4v) is 2.96. The Balaban J connectivity index is 1.47. The summed E-state index contributed by atoms with van der Waals surface area (Å²) in [7, 11) is 0. The standard InChI is InChI=1S/C25H24N2O4/c1-17-7-6-10-22(15-17)27-24(29)18(2)31-23(28)16-26-25(30)21-13-11-20(12-14-21)19-8-4-3-5-9-19/h3-15,18H,16H2,1-2H3,(H,26,30)(H,27,29)/t18-/m0/s1. The second-order valence-corrected chi connectivity index (χ2v) is 7.12. The Labute approximate surface area is 181 Å². The molecule has 0 aliphatic rings. The maximum absolute atomic E-state index is 12.3. The summed E-state index contributed by atoms with van der Waals surface area (Å²) in [5.41, 5.74) is 4.10. The van der Waals surface area contributed by atoms with E-state index in [1.54, 1.807) is 18.2 Å². The Morgan fingerprint density at radius 1 is 0.871 bits per heavy atom. The third-order valence-corrected chi connectivity index (χ3v) is 4.61. The highest BCUT2D eigenvalue weighted by atomic mass is 16.5. The number of carbonyl (C=O) groups is 3. The summed E-state index contributed by atoms with van der Waals surface area (Å²) in [6.07, 6.45) is -0.991. The molecule has 6 heteroatoms. The van der Waals surface area contributed by atoms with Crippen molar-refractivity contribution in [2.75, 3.05) is 11.9 Å². The molecule has 3 rings (SSSR count). The van der Waals surface area contributed by atoms with E-state index in [1.807, 2.05) is 67.6 Å². The number of amides is 2. The highest BCUT2D eigenvalue weighted by Gasteiger charge is 2.18. The van der Waals surface area contributed by atoms with Gasteiger partial charge in [0, 0.05) is 11.3 Å². The van der Waals surface area contributed by atoms with E-state index < -0.39 is 23.9 Å². The van der Waals surface area contributed by atoms with Gasteiger partial charge in [-0.1, -0.05) is 54.6 Å².